The number of carbonyl (C=O) groups is 1. The molecule has 2 nitrogen and oxygen atoms in total. The number of hydrogen-bond donors (Lipinski definition) is 1. The van der Waals surface area contributed by atoms with Crippen molar-refractivity contribution in [2.45, 2.75) is 25.3 Å². The minimum atomic E-state index is 0.323. The molecular weight excluding hydrogens is 182 g/mol. The fraction of sp³-hybridized carbons (Fsp3) is 0.500. The van der Waals surface area contributed by atoms with E-state index in [9.17, 15) is 4.79 Å². The summed E-state index contributed by atoms with van der Waals surface area (Å²) in [5, 5.41) is 2.83. The van der Waals surface area contributed by atoms with Gasteiger partial charge in [-0.2, -0.15) is 0 Å². The fourth-order valence-electron chi connectivity index (χ4n) is 1.59. The molecule has 0 heterocycles. The third-order valence-electron chi connectivity index (χ3n) is 2.35. The second-order valence-electron chi connectivity index (χ2n) is 3.08. The van der Waals surface area contributed by atoms with Gasteiger partial charge in [-0.05, 0) is 36.0 Å². The molecule has 1 atom stereocenters. The predicted octanol–water partition coefficient (Wildman–Crippen LogP) is 2.09. The van der Waals surface area contributed by atoms with Crippen LogP contribution in [0.2, 0.25) is 0 Å². The molecule has 72 valence electrons. The van der Waals surface area contributed by atoms with E-state index >= 15 is 0 Å². The molecule has 3 heteroatoms. The second kappa shape index (κ2) is 5.12. The highest BCUT2D eigenvalue weighted by Gasteiger charge is 2.18. The maximum Gasteiger partial charge on any atom is 0.207 e. The van der Waals surface area contributed by atoms with Crippen molar-refractivity contribution in [3.63, 3.8) is 0 Å². The summed E-state index contributed by atoms with van der Waals surface area (Å²) in [7, 11) is 0. The first-order chi connectivity index (χ1) is 6.31. The van der Waals surface area contributed by atoms with Gasteiger partial charge >= 0.3 is 0 Å². The Morgan fingerprint density at radius 2 is 2.46 bits per heavy atom. The van der Waals surface area contributed by atoms with Gasteiger partial charge in [-0.3, -0.25) is 4.79 Å². The second-order valence-corrected chi connectivity index (χ2v) is 3.98. The van der Waals surface area contributed by atoms with E-state index in [4.69, 9.17) is 0 Å². The van der Waals surface area contributed by atoms with E-state index < -0.39 is 0 Å². The van der Waals surface area contributed by atoms with Crippen molar-refractivity contribution in [1.29, 1.82) is 0 Å². The predicted molar refractivity (Wildman–Crippen MR) is 57.6 cm³/mol. The van der Waals surface area contributed by atoms with Gasteiger partial charge < -0.3 is 5.32 Å². The van der Waals surface area contributed by atoms with Crippen molar-refractivity contribution in [2.75, 3.05) is 6.26 Å². The Hall–Kier alpha value is -0.700. The van der Waals surface area contributed by atoms with Crippen molar-refractivity contribution in [2.24, 2.45) is 0 Å². The van der Waals surface area contributed by atoms with E-state index in [-0.39, 0.29) is 0 Å². The average Bonchev–Trinajstić information content (AvgIpc) is 2.18. The maximum absolute atomic E-state index is 10.3. The molecule has 0 spiro atoms. The number of rotatable bonds is 4. The van der Waals surface area contributed by atoms with Crippen LogP contribution in [-0.2, 0) is 4.79 Å². The van der Waals surface area contributed by atoms with Gasteiger partial charge in [0.25, 0.3) is 0 Å². The van der Waals surface area contributed by atoms with Gasteiger partial charge in [0.15, 0.2) is 0 Å². The zero-order valence-electron chi connectivity index (χ0n) is 7.88. The Kier molecular flexibility index (Phi) is 4.09. The summed E-state index contributed by atoms with van der Waals surface area (Å²) in [6, 6.07) is 0.323. The third-order valence-corrected chi connectivity index (χ3v) is 3.27. The highest BCUT2D eigenvalue weighted by Crippen LogP contribution is 2.31. The normalized spacial score (nSPS) is 22.7. The van der Waals surface area contributed by atoms with Crippen LogP contribution in [0.4, 0.5) is 0 Å². The minimum absolute atomic E-state index is 0.323. The zero-order valence-corrected chi connectivity index (χ0v) is 8.69. The van der Waals surface area contributed by atoms with Crippen LogP contribution in [0.5, 0.6) is 0 Å². The first-order valence-corrected chi connectivity index (χ1v) is 5.62. The van der Waals surface area contributed by atoms with Gasteiger partial charge in [0.1, 0.15) is 0 Å². The number of amides is 1. The van der Waals surface area contributed by atoms with E-state index in [0.29, 0.717) is 6.04 Å². The first kappa shape index (κ1) is 10.4. The van der Waals surface area contributed by atoms with Crippen molar-refractivity contribution in [3.05, 3.63) is 23.1 Å². The Morgan fingerprint density at radius 3 is 3.00 bits per heavy atom. The van der Waals surface area contributed by atoms with Crippen LogP contribution < -0.4 is 5.32 Å². The van der Waals surface area contributed by atoms with Gasteiger partial charge in [0, 0.05) is 6.04 Å². The molecule has 0 saturated carbocycles. The monoisotopic (exact) mass is 197 g/mol. The average molecular weight is 197 g/mol. The molecule has 0 aromatic heterocycles. The summed E-state index contributed by atoms with van der Waals surface area (Å²) >= 11 is 1.76. The van der Waals surface area contributed by atoms with E-state index in [2.05, 4.69) is 18.2 Å². The van der Waals surface area contributed by atoms with Gasteiger partial charge in [-0.15, -0.1) is 11.8 Å². The Bertz CT molecular complexity index is 235. The standard InChI is InChI=1S/C10H15NOS/c1-3-8-4-5-9(11-7-12)6-10(8)13-2/h3,7,9H,1,4-6H2,2H3,(H,11,12). The maximum atomic E-state index is 10.3. The molecule has 0 aromatic rings. The third kappa shape index (κ3) is 2.62. The van der Waals surface area contributed by atoms with E-state index in [1.165, 1.54) is 10.5 Å². The van der Waals surface area contributed by atoms with Gasteiger partial charge in [-0.1, -0.05) is 12.7 Å². The highest BCUT2D eigenvalue weighted by atomic mass is 32.2. The molecule has 0 saturated heterocycles. The molecule has 0 bridgehead atoms. The largest absolute Gasteiger partial charge is 0.356 e. The van der Waals surface area contributed by atoms with Crippen LogP contribution in [-0.4, -0.2) is 18.7 Å². The number of allylic oxidation sites excluding steroid dienone is 2. The lowest BCUT2D eigenvalue weighted by Gasteiger charge is -2.24. The van der Waals surface area contributed by atoms with Gasteiger partial charge in [0.05, 0.1) is 0 Å². The summed E-state index contributed by atoms with van der Waals surface area (Å²) < 4.78 is 0. The first-order valence-electron chi connectivity index (χ1n) is 4.40. The van der Waals surface area contributed by atoms with Crippen molar-refractivity contribution >= 4 is 18.2 Å². The molecule has 0 aliphatic heterocycles. The quantitative estimate of drug-likeness (QED) is 0.699. The molecular formula is C10H15NOS. The number of nitrogens with one attached hydrogen (secondary N) is 1. The Labute approximate surface area is 83.5 Å². The Balaban J connectivity index is 2.65. The molecule has 1 aliphatic carbocycles. The van der Waals surface area contributed by atoms with Gasteiger partial charge in [0.2, 0.25) is 6.41 Å². The van der Waals surface area contributed by atoms with Crippen molar-refractivity contribution < 1.29 is 4.79 Å². The van der Waals surface area contributed by atoms with E-state index in [1.807, 2.05) is 6.08 Å². The fourth-order valence-corrected chi connectivity index (χ4v) is 2.41. The molecule has 1 unspecified atom stereocenters. The summed E-state index contributed by atoms with van der Waals surface area (Å²) in [4.78, 5) is 11.6. The lowest BCUT2D eigenvalue weighted by molar-refractivity contribution is -0.110. The molecule has 0 fully saturated rings. The van der Waals surface area contributed by atoms with Crippen LogP contribution in [0, 0.1) is 0 Å². The summed E-state index contributed by atoms with van der Waals surface area (Å²) in [6.45, 7) is 3.79. The van der Waals surface area contributed by atoms with Crippen LogP contribution >= 0.6 is 11.8 Å². The number of carbonyl (C=O) groups excluding carboxylic acids is 1. The van der Waals surface area contributed by atoms with E-state index in [0.717, 1.165) is 25.7 Å². The molecule has 1 rings (SSSR count). The Morgan fingerprint density at radius 1 is 1.69 bits per heavy atom. The van der Waals surface area contributed by atoms with Crippen LogP contribution in [0.1, 0.15) is 19.3 Å². The summed E-state index contributed by atoms with van der Waals surface area (Å²) in [6.07, 6.45) is 7.82. The van der Waals surface area contributed by atoms with Gasteiger partial charge in [-0.25, -0.2) is 0 Å². The molecule has 0 aromatic carbocycles. The lowest BCUT2D eigenvalue weighted by atomic mass is 9.95. The topological polar surface area (TPSA) is 29.1 Å². The van der Waals surface area contributed by atoms with Crippen LogP contribution in [0.15, 0.2) is 23.1 Å². The van der Waals surface area contributed by atoms with Crippen LogP contribution in [0.25, 0.3) is 0 Å². The SMILES string of the molecule is C=CC1=C(SC)CC(NC=O)CC1. The highest BCUT2D eigenvalue weighted by molar-refractivity contribution is 8.02. The smallest absolute Gasteiger partial charge is 0.207 e. The number of hydrogen-bond acceptors (Lipinski definition) is 2. The molecule has 1 amide bonds. The molecule has 13 heavy (non-hydrogen) atoms. The zero-order chi connectivity index (χ0) is 9.68. The number of thioether (sulfide) groups is 1. The van der Waals surface area contributed by atoms with E-state index in [1.54, 1.807) is 11.8 Å². The minimum Gasteiger partial charge on any atom is -0.356 e. The lowest BCUT2D eigenvalue weighted by Crippen LogP contribution is -2.30. The summed E-state index contributed by atoms with van der Waals surface area (Å²) in [5.41, 5.74) is 1.34. The molecule has 1 N–H and O–H groups in total. The van der Waals surface area contributed by atoms with Crippen LogP contribution in [0.3, 0.4) is 0 Å². The van der Waals surface area contributed by atoms with Crippen molar-refractivity contribution in [3.8, 4) is 0 Å². The molecule has 0 radical (unpaired) electrons. The summed E-state index contributed by atoms with van der Waals surface area (Å²) in [5.74, 6) is 0. The molecule has 1 aliphatic rings. The van der Waals surface area contributed by atoms with Crippen molar-refractivity contribution in [1.82, 2.24) is 5.32 Å².